The standard InChI is InChI=1S/C96H66N6/c1-4-22-73(23-5-1)97(76-52-40-67(41-53-76)70-46-58-79(59-47-70)100-91-34-16-10-28-85(91)86-29-11-17-35-92(86)100)82-64-83(98(74-24-6-2-7-25-74)77-54-42-68(43-55-77)71-48-60-80(61-49-71)101-93-36-18-12-30-87(93)88-31-13-19-37-94(88)101)66-84(65-82)99(75-26-8-3-9-27-75)78-56-44-69(45-57-78)72-50-62-81(63-51-72)102-95-38-20-14-32-89(95)90-33-15-21-39-96(90)102/h1-66H. The zero-order chi connectivity index (χ0) is 67.5. The fourth-order valence-electron chi connectivity index (χ4n) is 15.5. The highest BCUT2D eigenvalue weighted by Crippen LogP contribution is 2.48. The van der Waals surface area contributed by atoms with E-state index in [-0.39, 0.29) is 0 Å². The Labute approximate surface area is 592 Å². The molecule has 0 unspecified atom stereocenters. The second-order valence-corrected chi connectivity index (χ2v) is 26.1. The lowest BCUT2D eigenvalue weighted by Crippen LogP contribution is -2.16. The highest BCUT2D eigenvalue weighted by molar-refractivity contribution is 6.11. The van der Waals surface area contributed by atoms with Gasteiger partial charge in [0, 0.05) is 83.5 Å². The Bertz CT molecular complexity index is 5470. The first kappa shape index (κ1) is 59.6. The van der Waals surface area contributed by atoms with E-state index in [1.54, 1.807) is 0 Å². The van der Waals surface area contributed by atoms with Gasteiger partial charge in [-0.3, -0.25) is 0 Å². The number of aromatic nitrogens is 3. The summed E-state index contributed by atoms with van der Waals surface area (Å²) in [5, 5.41) is 7.51. The van der Waals surface area contributed by atoms with Crippen LogP contribution in [0, 0.1) is 0 Å². The molecule has 3 heterocycles. The Hall–Kier alpha value is -13.7. The summed E-state index contributed by atoms with van der Waals surface area (Å²) in [6.45, 7) is 0. The maximum Gasteiger partial charge on any atom is 0.0541 e. The topological polar surface area (TPSA) is 24.5 Å². The number of para-hydroxylation sites is 9. The van der Waals surface area contributed by atoms with Gasteiger partial charge in [0.05, 0.1) is 50.2 Å². The number of hydrogen-bond acceptors (Lipinski definition) is 3. The van der Waals surface area contributed by atoms with E-state index >= 15 is 0 Å². The lowest BCUT2D eigenvalue weighted by atomic mass is 10.0. The molecule has 16 aromatic carbocycles. The maximum atomic E-state index is 2.40. The quantitative estimate of drug-likeness (QED) is 0.102. The van der Waals surface area contributed by atoms with Crippen molar-refractivity contribution in [3.63, 3.8) is 0 Å². The van der Waals surface area contributed by atoms with Crippen molar-refractivity contribution in [3.05, 3.63) is 400 Å². The van der Waals surface area contributed by atoms with Gasteiger partial charge in [-0.2, -0.15) is 0 Å². The minimum absolute atomic E-state index is 0.985. The summed E-state index contributed by atoms with van der Waals surface area (Å²) in [5.74, 6) is 0. The molecular formula is C96H66N6. The van der Waals surface area contributed by atoms with E-state index in [1.807, 2.05) is 0 Å². The van der Waals surface area contributed by atoms with E-state index < -0.39 is 0 Å². The molecule has 0 radical (unpaired) electrons. The van der Waals surface area contributed by atoms with Crippen LogP contribution < -0.4 is 14.7 Å². The normalized spacial score (nSPS) is 11.5. The lowest BCUT2D eigenvalue weighted by Gasteiger charge is -2.33. The van der Waals surface area contributed by atoms with Crippen LogP contribution in [0.4, 0.5) is 51.2 Å². The summed E-state index contributed by atoms with van der Waals surface area (Å²) in [7, 11) is 0. The zero-order valence-electron chi connectivity index (χ0n) is 55.8. The van der Waals surface area contributed by atoms with Crippen LogP contribution in [0.5, 0.6) is 0 Å². The monoisotopic (exact) mass is 1300 g/mol. The fourth-order valence-corrected chi connectivity index (χ4v) is 15.5. The average molecular weight is 1300 g/mol. The Morgan fingerprint density at radius 2 is 0.304 bits per heavy atom. The van der Waals surface area contributed by atoms with Crippen LogP contribution in [0.25, 0.3) is 116 Å². The van der Waals surface area contributed by atoms with Crippen molar-refractivity contribution in [3.8, 4) is 50.4 Å². The summed E-state index contributed by atoms with van der Waals surface area (Å²) < 4.78 is 7.13. The van der Waals surface area contributed by atoms with Crippen LogP contribution in [-0.2, 0) is 0 Å². The van der Waals surface area contributed by atoms with Gasteiger partial charge in [-0.05, 0) is 197 Å². The Morgan fingerprint density at radius 1 is 0.137 bits per heavy atom. The molecule has 0 atom stereocenters. The number of hydrogen-bond donors (Lipinski definition) is 0. The summed E-state index contributed by atoms with van der Waals surface area (Å²) >= 11 is 0. The van der Waals surface area contributed by atoms with Crippen molar-refractivity contribution in [2.45, 2.75) is 0 Å². The molecule has 6 nitrogen and oxygen atoms in total. The highest BCUT2D eigenvalue weighted by Gasteiger charge is 2.24. The van der Waals surface area contributed by atoms with Crippen LogP contribution in [0.2, 0.25) is 0 Å². The molecular weight excluding hydrogens is 1240 g/mol. The lowest BCUT2D eigenvalue weighted by molar-refractivity contribution is 1.18. The van der Waals surface area contributed by atoms with E-state index in [0.717, 1.165) is 102 Å². The van der Waals surface area contributed by atoms with Crippen molar-refractivity contribution < 1.29 is 0 Å². The number of rotatable bonds is 15. The van der Waals surface area contributed by atoms with Gasteiger partial charge in [-0.25, -0.2) is 0 Å². The van der Waals surface area contributed by atoms with E-state index in [0.29, 0.717) is 0 Å². The van der Waals surface area contributed by atoms with Gasteiger partial charge in [0.1, 0.15) is 0 Å². The third kappa shape index (κ3) is 10.5. The van der Waals surface area contributed by atoms with E-state index in [4.69, 9.17) is 0 Å². The number of anilines is 9. The molecule has 3 aromatic heterocycles. The van der Waals surface area contributed by atoms with Crippen molar-refractivity contribution in [1.82, 2.24) is 13.7 Å². The maximum absolute atomic E-state index is 2.40. The summed E-state index contributed by atoms with van der Waals surface area (Å²) in [6.07, 6.45) is 0. The second kappa shape index (κ2) is 25.3. The Kier molecular flexibility index (Phi) is 14.8. The molecule has 0 aliphatic carbocycles. The number of nitrogens with zero attached hydrogens (tertiary/aromatic N) is 6. The number of fused-ring (bicyclic) bond motifs is 9. The minimum atomic E-state index is 0.985. The van der Waals surface area contributed by atoms with E-state index in [1.165, 1.54) is 65.4 Å². The second-order valence-electron chi connectivity index (χ2n) is 26.1. The minimum Gasteiger partial charge on any atom is -0.310 e. The molecule has 0 fully saturated rings. The highest BCUT2D eigenvalue weighted by atomic mass is 15.2. The van der Waals surface area contributed by atoms with Gasteiger partial charge in [0.25, 0.3) is 0 Å². The van der Waals surface area contributed by atoms with Gasteiger partial charge < -0.3 is 28.4 Å². The molecule has 6 heteroatoms. The van der Waals surface area contributed by atoms with Gasteiger partial charge >= 0.3 is 0 Å². The molecule has 0 spiro atoms. The molecule has 0 aliphatic rings. The first-order valence-electron chi connectivity index (χ1n) is 34.9. The SMILES string of the molecule is c1ccc(N(c2ccc(-c3ccc(-n4c5ccccc5c5ccccc54)cc3)cc2)c2cc(N(c3ccccc3)c3ccc(-c4ccc(-n5c6ccccc6c6ccccc65)cc4)cc3)cc(N(c3ccccc3)c3ccc(-c4ccc(-n5c6ccccc6c6ccccc65)cc4)cc3)c2)cc1. The fraction of sp³-hybridized carbons (Fsp3) is 0. The van der Waals surface area contributed by atoms with E-state index in [9.17, 15) is 0 Å². The molecule has 0 aliphatic heterocycles. The zero-order valence-corrected chi connectivity index (χ0v) is 55.8. The largest absolute Gasteiger partial charge is 0.310 e. The van der Waals surface area contributed by atoms with Gasteiger partial charge in [-0.1, -0.05) is 237 Å². The Morgan fingerprint density at radius 3 is 0.510 bits per heavy atom. The average Bonchev–Trinajstić information content (AvgIpc) is 1.50. The van der Waals surface area contributed by atoms with Gasteiger partial charge in [0.2, 0.25) is 0 Å². The molecule has 0 N–H and O–H groups in total. The summed E-state index contributed by atoms with van der Waals surface area (Å²) in [5.41, 5.74) is 26.5. The van der Waals surface area contributed by atoms with Crippen LogP contribution in [0.1, 0.15) is 0 Å². The molecule has 19 rings (SSSR count). The van der Waals surface area contributed by atoms with Crippen LogP contribution in [0.15, 0.2) is 400 Å². The predicted octanol–water partition coefficient (Wildman–Crippen LogP) is 26.4. The number of benzene rings is 16. The van der Waals surface area contributed by atoms with Crippen LogP contribution in [0.3, 0.4) is 0 Å². The summed E-state index contributed by atoms with van der Waals surface area (Å²) in [6, 6.07) is 146. The van der Waals surface area contributed by atoms with Gasteiger partial charge in [0.15, 0.2) is 0 Å². The molecule has 0 amide bonds. The van der Waals surface area contributed by atoms with Crippen LogP contribution >= 0.6 is 0 Å². The molecule has 19 aromatic rings. The third-order valence-electron chi connectivity index (χ3n) is 20.2. The molecule has 480 valence electrons. The van der Waals surface area contributed by atoms with Crippen molar-refractivity contribution in [2.24, 2.45) is 0 Å². The first-order valence-corrected chi connectivity index (χ1v) is 34.9. The molecule has 0 bridgehead atoms. The van der Waals surface area contributed by atoms with Crippen molar-refractivity contribution >= 4 is 117 Å². The first-order chi connectivity index (χ1) is 50.6. The van der Waals surface area contributed by atoms with E-state index in [2.05, 4.69) is 429 Å². The molecule has 0 saturated heterocycles. The van der Waals surface area contributed by atoms with Crippen molar-refractivity contribution in [2.75, 3.05) is 14.7 Å². The van der Waals surface area contributed by atoms with Gasteiger partial charge in [-0.15, -0.1) is 0 Å². The van der Waals surface area contributed by atoms with Crippen LogP contribution in [-0.4, -0.2) is 13.7 Å². The summed E-state index contributed by atoms with van der Waals surface area (Å²) in [4.78, 5) is 7.19. The third-order valence-corrected chi connectivity index (χ3v) is 20.2. The Balaban J connectivity index is 0.725. The molecule has 0 saturated carbocycles. The predicted molar refractivity (Wildman–Crippen MR) is 430 cm³/mol. The van der Waals surface area contributed by atoms with Crippen molar-refractivity contribution in [1.29, 1.82) is 0 Å². The molecule has 102 heavy (non-hydrogen) atoms. The smallest absolute Gasteiger partial charge is 0.0541 e.